The monoisotopic (exact) mass is 334 g/mol. The Morgan fingerprint density at radius 1 is 1.36 bits per heavy atom. The van der Waals surface area contributed by atoms with Gasteiger partial charge in [0.15, 0.2) is 0 Å². The summed E-state index contributed by atoms with van der Waals surface area (Å²) in [6.07, 6.45) is -4.25. The van der Waals surface area contributed by atoms with Crippen LogP contribution in [0.4, 0.5) is 23.7 Å². The number of morpholine rings is 1. The number of hydrogen-bond acceptors (Lipinski definition) is 3. The standard InChI is InChI=1S/C14H17F3N2O2S/c1-10-2-3-12(22-9-14(15,16)17)11(8-10)18-13(20)19-4-6-21-7-5-19/h2-3,8H,4-7,9H2,1H3,(H,18,20). The first kappa shape index (κ1) is 17.0. The number of rotatable bonds is 3. The third kappa shape index (κ3) is 5.10. The SMILES string of the molecule is Cc1ccc(SCC(F)(F)F)c(NC(=O)N2CCOCC2)c1. The number of amides is 2. The van der Waals surface area contributed by atoms with E-state index in [1.807, 2.05) is 6.92 Å². The van der Waals surface area contributed by atoms with Crippen LogP contribution >= 0.6 is 11.8 Å². The molecule has 0 radical (unpaired) electrons. The molecule has 0 spiro atoms. The highest BCUT2D eigenvalue weighted by Crippen LogP contribution is 2.33. The molecule has 0 unspecified atom stereocenters. The molecule has 0 aliphatic carbocycles. The van der Waals surface area contributed by atoms with Gasteiger partial charge in [-0.2, -0.15) is 13.2 Å². The third-order valence-electron chi connectivity index (χ3n) is 3.07. The summed E-state index contributed by atoms with van der Waals surface area (Å²) in [4.78, 5) is 14.2. The largest absolute Gasteiger partial charge is 0.398 e. The molecule has 0 aromatic heterocycles. The van der Waals surface area contributed by atoms with E-state index in [0.717, 1.165) is 5.56 Å². The second kappa shape index (κ2) is 7.23. The Bertz CT molecular complexity index is 531. The number of thioether (sulfide) groups is 1. The highest BCUT2D eigenvalue weighted by atomic mass is 32.2. The maximum Gasteiger partial charge on any atom is 0.398 e. The minimum absolute atomic E-state index is 0.317. The van der Waals surface area contributed by atoms with Gasteiger partial charge in [-0.05, 0) is 24.6 Å². The zero-order chi connectivity index (χ0) is 16.2. The van der Waals surface area contributed by atoms with Gasteiger partial charge < -0.3 is 15.0 Å². The number of carbonyl (C=O) groups is 1. The molecule has 0 atom stereocenters. The molecule has 2 rings (SSSR count). The molecule has 2 amide bonds. The first-order chi connectivity index (χ1) is 10.3. The fourth-order valence-electron chi connectivity index (χ4n) is 1.99. The molecular formula is C14H17F3N2O2S. The minimum atomic E-state index is -4.25. The molecule has 1 heterocycles. The third-order valence-corrected chi connectivity index (χ3v) is 4.20. The van der Waals surface area contributed by atoms with E-state index < -0.39 is 11.9 Å². The molecule has 1 fully saturated rings. The van der Waals surface area contributed by atoms with Crippen molar-refractivity contribution in [2.24, 2.45) is 0 Å². The second-order valence-electron chi connectivity index (χ2n) is 4.93. The van der Waals surface area contributed by atoms with Gasteiger partial charge in [0.05, 0.1) is 24.7 Å². The lowest BCUT2D eigenvalue weighted by atomic mass is 10.2. The van der Waals surface area contributed by atoms with Crippen molar-refractivity contribution < 1.29 is 22.7 Å². The molecule has 0 bridgehead atoms. The van der Waals surface area contributed by atoms with Crippen molar-refractivity contribution in [1.29, 1.82) is 0 Å². The van der Waals surface area contributed by atoms with Crippen molar-refractivity contribution in [3.63, 3.8) is 0 Å². The van der Waals surface area contributed by atoms with Crippen LogP contribution in [0.1, 0.15) is 5.56 Å². The summed E-state index contributed by atoms with van der Waals surface area (Å²) in [6, 6.07) is 4.68. The number of halogens is 3. The quantitative estimate of drug-likeness (QED) is 0.860. The van der Waals surface area contributed by atoms with E-state index in [1.165, 1.54) is 0 Å². The summed E-state index contributed by atoms with van der Waals surface area (Å²) in [5.74, 6) is -0.990. The summed E-state index contributed by atoms with van der Waals surface area (Å²) >= 11 is 0.668. The van der Waals surface area contributed by atoms with Gasteiger partial charge in [0, 0.05) is 18.0 Å². The van der Waals surface area contributed by atoms with Crippen molar-refractivity contribution in [3.05, 3.63) is 23.8 Å². The van der Waals surface area contributed by atoms with E-state index in [0.29, 0.717) is 48.6 Å². The zero-order valence-electron chi connectivity index (χ0n) is 12.1. The van der Waals surface area contributed by atoms with Gasteiger partial charge in [0.1, 0.15) is 0 Å². The summed E-state index contributed by atoms with van der Waals surface area (Å²) < 4.78 is 42.3. The Balaban J connectivity index is 2.07. The first-order valence-corrected chi connectivity index (χ1v) is 7.77. The van der Waals surface area contributed by atoms with Crippen molar-refractivity contribution >= 4 is 23.5 Å². The predicted molar refractivity (Wildman–Crippen MR) is 79.4 cm³/mol. The molecule has 0 saturated carbocycles. The topological polar surface area (TPSA) is 41.6 Å². The Labute approximate surface area is 131 Å². The molecule has 1 aliphatic heterocycles. The molecule has 1 aromatic carbocycles. The van der Waals surface area contributed by atoms with Crippen LogP contribution in [0.25, 0.3) is 0 Å². The van der Waals surface area contributed by atoms with Gasteiger partial charge in [-0.25, -0.2) is 4.79 Å². The van der Waals surface area contributed by atoms with Crippen LogP contribution in [0.15, 0.2) is 23.1 Å². The number of nitrogens with one attached hydrogen (secondary N) is 1. The fourth-order valence-corrected chi connectivity index (χ4v) is 2.74. The molecule has 8 heteroatoms. The van der Waals surface area contributed by atoms with Crippen LogP contribution in [0.2, 0.25) is 0 Å². The highest BCUT2D eigenvalue weighted by molar-refractivity contribution is 7.99. The maximum atomic E-state index is 12.4. The Kier molecular flexibility index (Phi) is 5.57. The molecule has 1 aromatic rings. The minimum Gasteiger partial charge on any atom is -0.378 e. The predicted octanol–water partition coefficient (Wildman–Crippen LogP) is 3.51. The lowest BCUT2D eigenvalue weighted by molar-refractivity contribution is -0.105. The number of carbonyl (C=O) groups excluding carboxylic acids is 1. The second-order valence-corrected chi connectivity index (χ2v) is 5.95. The van der Waals surface area contributed by atoms with Crippen LogP contribution in [0, 0.1) is 6.92 Å². The number of ether oxygens (including phenoxy) is 1. The van der Waals surface area contributed by atoms with E-state index in [1.54, 1.807) is 23.1 Å². The van der Waals surface area contributed by atoms with E-state index in [-0.39, 0.29) is 6.03 Å². The van der Waals surface area contributed by atoms with Gasteiger partial charge >= 0.3 is 12.2 Å². The molecule has 4 nitrogen and oxygen atoms in total. The number of benzene rings is 1. The zero-order valence-corrected chi connectivity index (χ0v) is 12.9. The molecular weight excluding hydrogens is 317 g/mol. The fraction of sp³-hybridized carbons (Fsp3) is 0.500. The maximum absolute atomic E-state index is 12.4. The number of alkyl halides is 3. The Hall–Kier alpha value is -1.41. The molecule has 1 aliphatic rings. The van der Waals surface area contributed by atoms with Gasteiger partial charge in [-0.1, -0.05) is 6.07 Å². The van der Waals surface area contributed by atoms with Gasteiger partial charge in [-0.15, -0.1) is 11.8 Å². The summed E-state index contributed by atoms with van der Waals surface area (Å²) in [7, 11) is 0. The number of hydrogen-bond donors (Lipinski definition) is 1. The van der Waals surface area contributed by atoms with Gasteiger partial charge in [0.25, 0.3) is 0 Å². The van der Waals surface area contributed by atoms with Crippen molar-refractivity contribution in [3.8, 4) is 0 Å². The van der Waals surface area contributed by atoms with Crippen LogP contribution in [-0.4, -0.2) is 49.2 Å². The van der Waals surface area contributed by atoms with Crippen LogP contribution in [-0.2, 0) is 4.74 Å². The van der Waals surface area contributed by atoms with Crippen LogP contribution in [0.5, 0.6) is 0 Å². The highest BCUT2D eigenvalue weighted by Gasteiger charge is 2.28. The smallest absolute Gasteiger partial charge is 0.378 e. The number of aryl methyl sites for hydroxylation is 1. The number of nitrogens with zero attached hydrogens (tertiary/aromatic N) is 1. The molecule has 1 N–H and O–H groups in total. The van der Waals surface area contributed by atoms with Crippen LogP contribution in [0.3, 0.4) is 0 Å². The number of anilines is 1. The number of urea groups is 1. The van der Waals surface area contributed by atoms with Crippen molar-refractivity contribution in [2.45, 2.75) is 18.0 Å². The average Bonchev–Trinajstić information content (AvgIpc) is 2.46. The Morgan fingerprint density at radius 2 is 2.05 bits per heavy atom. The molecule has 122 valence electrons. The average molecular weight is 334 g/mol. The normalized spacial score (nSPS) is 15.7. The molecule has 1 saturated heterocycles. The van der Waals surface area contributed by atoms with Gasteiger partial charge in [-0.3, -0.25) is 0 Å². The van der Waals surface area contributed by atoms with Crippen molar-refractivity contribution in [1.82, 2.24) is 4.90 Å². The summed E-state index contributed by atoms with van der Waals surface area (Å²) in [6.45, 7) is 3.71. The van der Waals surface area contributed by atoms with E-state index in [9.17, 15) is 18.0 Å². The lowest BCUT2D eigenvalue weighted by Crippen LogP contribution is -2.43. The summed E-state index contributed by atoms with van der Waals surface area (Å²) in [5, 5.41) is 2.70. The lowest BCUT2D eigenvalue weighted by Gasteiger charge is -2.27. The van der Waals surface area contributed by atoms with E-state index in [4.69, 9.17) is 4.74 Å². The van der Waals surface area contributed by atoms with Gasteiger partial charge in [0.2, 0.25) is 0 Å². The molecule has 22 heavy (non-hydrogen) atoms. The first-order valence-electron chi connectivity index (χ1n) is 6.79. The van der Waals surface area contributed by atoms with E-state index >= 15 is 0 Å². The van der Waals surface area contributed by atoms with E-state index in [2.05, 4.69) is 5.32 Å². The van der Waals surface area contributed by atoms with Crippen molar-refractivity contribution in [2.75, 3.05) is 37.4 Å². The van der Waals surface area contributed by atoms with Crippen LogP contribution < -0.4 is 5.32 Å². The summed E-state index contributed by atoms with van der Waals surface area (Å²) in [5.41, 5.74) is 1.28. The Morgan fingerprint density at radius 3 is 2.68 bits per heavy atom.